The van der Waals surface area contributed by atoms with Crippen molar-refractivity contribution in [1.29, 1.82) is 0 Å². The van der Waals surface area contributed by atoms with Gasteiger partial charge in [0.2, 0.25) is 0 Å². The number of benzene rings is 1. The van der Waals surface area contributed by atoms with E-state index in [4.69, 9.17) is 5.11 Å². The molecule has 1 aromatic heterocycles. The van der Waals surface area contributed by atoms with E-state index in [2.05, 4.69) is 22.2 Å². The van der Waals surface area contributed by atoms with Crippen molar-refractivity contribution in [3.8, 4) is 0 Å². The molecule has 0 bridgehead atoms. The van der Waals surface area contributed by atoms with Gasteiger partial charge in [-0.05, 0) is 18.4 Å². The summed E-state index contributed by atoms with van der Waals surface area (Å²) in [5.41, 5.74) is 1.21. The van der Waals surface area contributed by atoms with Crippen LogP contribution in [0, 0.1) is 0 Å². The molecule has 1 amide bonds. The lowest BCUT2D eigenvalue weighted by molar-refractivity contribution is 0.131. The van der Waals surface area contributed by atoms with Gasteiger partial charge in [-0.15, -0.1) is 0 Å². The molecule has 1 N–H and O–H groups in total. The quantitative estimate of drug-likeness (QED) is 0.944. The zero-order valence-corrected chi connectivity index (χ0v) is 12.6. The SMILES string of the molecule is Cn1nc(C2CCN(C(=O)O)CC2)nc1Cc1ccccc1. The number of aromatic nitrogens is 3. The maximum atomic E-state index is 10.9. The predicted octanol–water partition coefficient (Wildman–Crippen LogP) is 2.26. The van der Waals surface area contributed by atoms with Crippen LogP contribution in [-0.2, 0) is 13.5 Å². The van der Waals surface area contributed by atoms with Gasteiger partial charge in [-0.2, -0.15) is 5.10 Å². The Bertz CT molecular complexity index is 645. The van der Waals surface area contributed by atoms with E-state index in [0.29, 0.717) is 13.1 Å². The van der Waals surface area contributed by atoms with Gasteiger partial charge >= 0.3 is 6.09 Å². The number of nitrogens with zero attached hydrogens (tertiary/aromatic N) is 4. The van der Waals surface area contributed by atoms with Crippen LogP contribution in [0.25, 0.3) is 0 Å². The summed E-state index contributed by atoms with van der Waals surface area (Å²) < 4.78 is 1.84. The van der Waals surface area contributed by atoms with E-state index in [1.54, 1.807) is 0 Å². The molecule has 1 aromatic carbocycles. The first-order chi connectivity index (χ1) is 10.6. The maximum Gasteiger partial charge on any atom is 0.407 e. The fraction of sp³-hybridized carbons (Fsp3) is 0.438. The molecule has 0 aliphatic carbocycles. The van der Waals surface area contributed by atoms with Crippen molar-refractivity contribution >= 4 is 6.09 Å². The summed E-state index contributed by atoms with van der Waals surface area (Å²) in [4.78, 5) is 17.1. The fourth-order valence-corrected chi connectivity index (χ4v) is 2.87. The predicted molar refractivity (Wildman–Crippen MR) is 81.8 cm³/mol. The maximum absolute atomic E-state index is 10.9. The van der Waals surface area contributed by atoms with Crippen molar-refractivity contribution in [1.82, 2.24) is 19.7 Å². The van der Waals surface area contributed by atoms with Gasteiger partial charge in [0.15, 0.2) is 5.82 Å². The molecule has 1 aliphatic heterocycles. The monoisotopic (exact) mass is 300 g/mol. The van der Waals surface area contributed by atoms with Crippen molar-refractivity contribution in [2.24, 2.45) is 7.05 Å². The van der Waals surface area contributed by atoms with Crippen LogP contribution in [0.5, 0.6) is 0 Å². The second-order valence-electron chi connectivity index (χ2n) is 5.72. The Hall–Kier alpha value is -2.37. The molecule has 6 nitrogen and oxygen atoms in total. The Balaban J connectivity index is 1.69. The highest BCUT2D eigenvalue weighted by atomic mass is 16.4. The molecule has 6 heteroatoms. The summed E-state index contributed by atoms with van der Waals surface area (Å²) in [6.07, 6.45) is 1.51. The van der Waals surface area contributed by atoms with Crippen molar-refractivity contribution in [3.05, 3.63) is 47.5 Å². The number of hydrogen-bond acceptors (Lipinski definition) is 3. The summed E-state index contributed by atoms with van der Waals surface area (Å²) in [6.45, 7) is 1.12. The molecule has 0 unspecified atom stereocenters. The van der Waals surface area contributed by atoms with Crippen LogP contribution in [0.2, 0.25) is 0 Å². The number of hydrogen-bond donors (Lipinski definition) is 1. The molecule has 3 rings (SSSR count). The highest BCUT2D eigenvalue weighted by Gasteiger charge is 2.26. The summed E-state index contributed by atoms with van der Waals surface area (Å²) >= 11 is 0. The molecule has 0 atom stereocenters. The van der Waals surface area contributed by atoms with Gasteiger partial charge in [-0.25, -0.2) is 9.78 Å². The molecule has 2 heterocycles. The van der Waals surface area contributed by atoms with E-state index in [9.17, 15) is 4.79 Å². The highest BCUT2D eigenvalue weighted by Crippen LogP contribution is 2.26. The minimum Gasteiger partial charge on any atom is -0.465 e. The lowest BCUT2D eigenvalue weighted by atomic mass is 9.96. The van der Waals surface area contributed by atoms with Crippen molar-refractivity contribution in [2.45, 2.75) is 25.2 Å². The van der Waals surface area contributed by atoms with E-state index in [1.807, 2.05) is 29.9 Å². The standard InChI is InChI=1S/C16H20N4O2/c1-19-14(11-12-5-3-2-4-6-12)17-15(18-19)13-7-9-20(10-8-13)16(21)22/h2-6,13H,7-11H2,1H3,(H,21,22). The summed E-state index contributed by atoms with van der Waals surface area (Å²) in [6, 6.07) is 10.2. The van der Waals surface area contributed by atoms with Gasteiger partial charge in [0, 0.05) is 32.5 Å². The first-order valence-electron chi connectivity index (χ1n) is 7.55. The van der Waals surface area contributed by atoms with E-state index < -0.39 is 6.09 Å². The molecular formula is C16H20N4O2. The number of likely N-dealkylation sites (tertiary alicyclic amines) is 1. The number of aryl methyl sites for hydroxylation is 1. The minimum absolute atomic E-state index is 0.256. The molecule has 2 aromatic rings. The molecule has 0 radical (unpaired) electrons. The Morgan fingerprint density at radius 3 is 2.59 bits per heavy atom. The van der Waals surface area contributed by atoms with Gasteiger partial charge in [-0.1, -0.05) is 30.3 Å². The largest absolute Gasteiger partial charge is 0.465 e. The molecule has 1 fully saturated rings. The summed E-state index contributed by atoms with van der Waals surface area (Å²) in [7, 11) is 1.92. The van der Waals surface area contributed by atoms with Crippen LogP contribution in [0.1, 0.15) is 36.0 Å². The van der Waals surface area contributed by atoms with E-state index in [-0.39, 0.29) is 5.92 Å². The fourth-order valence-electron chi connectivity index (χ4n) is 2.87. The molecule has 116 valence electrons. The topological polar surface area (TPSA) is 71.2 Å². The van der Waals surface area contributed by atoms with Crippen LogP contribution in [0.4, 0.5) is 4.79 Å². The Morgan fingerprint density at radius 1 is 1.27 bits per heavy atom. The van der Waals surface area contributed by atoms with Gasteiger partial charge in [0.1, 0.15) is 5.82 Å². The number of amides is 1. The molecule has 1 saturated heterocycles. The van der Waals surface area contributed by atoms with Crippen molar-refractivity contribution in [3.63, 3.8) is 0 Å². The third-order valence-corrected chi connectivity index (χ3v) is 4.21. The zero-order valence-electron chi connectivity index (χ0n) is 12.6. The Morgan fingerprint density at radius 2 is 1.95 bits per heavy atom. The summed E-state index contributed by atoms with van der Waals surface area (Å²) in [5.74, 6) is 2.05. The number of carbonyl (C=O) groups is 1. The second-order valence-corrected chi connectivity index (χ2v) is 5.72. The third kappa shape index (κ3) is 3.10. The van der Waals surface area contributed by atoms with Crippen LogP contribution in [-0.4, -0.2) is 44.0 Å². The smallest absolute Gasteiger partial charge is 0.407 e. The Labute approximate surface area is 129 Å². The van der Waals surface area contributed by atoms with Crippen LogP contribution >= 0.6 is 0 Å². The number of rotatable bonds is 3. The zero-order chi connectivity index (χ0) is 15.5. The van der Waals surface area contributed by atoms with Gasteiger partial charge in [0.05, 0.1) is 0 Å². The third-order valence-electron chi connectivity index (χ3n) is 4.21. The van der Waals surface area contributed by atoms with E-state index >= 15 is 0 Å². The summed E-state index contributed by atoms with van der Waals surface area (Å²) in [5, 5.41) is 13.5. The average molecular weight is 300 g/mol. The number of carboxylic acid groups (broad SMARTS) is 1. The van der Waals surface area contributed by atoms with E-state index in [1.165, 1.54) is 10.5 Å². The van der Waals surface area contributed by atoms with Crippen molar-refractivity contribution < 1.29 is 9.90 Å². The Kier molecular flexibility index (Phi) is 4.09. The normalized spacial score (nSPS) is 16.0. The lowest BCUT2D eigenvalue weighted by Gasteiger charge is -2.28. The first kappa shape index (κ1) is 14.6. The lowest BCUT2D eigenvalue weighted by Crippen LogP contribution is -2.37. The van der Waals surface area contributed by atoms with Gasteiger partial charge < -0.3 is 10.0 Å². The van der Waals surface area contributed by atoms with Crippen LogP contribution < -0.4 is 0 Å². The van der Waals surface area contributed by atoms with Crippen molar-refractivity contribution in [2.75, 3.05) is 13.1 Å². The highest BCUT2D eigenvalue weighted by molar-refractivity contribution is 5.65. The van der Waals surface area contributed by atoms with E-state index in [0.717, 1.165) is 30.9 Å². The molecular weight excluding hydrogens is 280 g/mol. The first-order valence-corrected chi connectivity index (χ1v) is 7.55. The van der Waals surface area contributed by atoms with Gasteiger partial charge in [0.25, 0.3) is 0 Å². The molecule has 1 aliphatic rings. The van der Waals surface area contributed by atoms with Gasteiger partial charge in [-0.3, -0.25) is 4.68 Å². The van der Waals surface area contributed by atoms with Crippen LogP contribution in [0.3, 0.4) is 0 Å². The molecule has 22 heavy (non-hydrogen) atoms. The average Bonchev–Trinajstić information content (AvgIpc) is 2.89. The molecule has 0 spiro atoms. The minimum atomic E-state index is -0.836. The number of piperidine rings is 1. The molecule has 0 saturated carbocycles. The van der Waals surface area contributed by atoms with Crippen LogP contribution in [0.15, 0.2) is 30.3 Å². The second kappa shape index (κ2) is 6.17.